The third-order valence-corrected chi connectivity index (χ3v) is 5.55. The lowest BCUT2D eigenvalue weighted by atomic mass is 10.2. The molecule has 0 fully saturated rings. The number of anilines is 2. The van der Waals surface area contributed by atoms with Crippen LogP contribution < -0.4 is 10.0 Å². The first-order valence-electron chi connectivity index (χ1n) is 8.48. The predicted molar refractivity (Wildman–Crippen MR) is 109 cm³/mol. The number of hydrogen-bond acceptors (Lipinski definition) is 7. The number of aromatic nitrogens is 2. The Morgan fingerprint density at radius 3 is 2.47 bits per heavy atom. The van der Waals surface area contributed by atoms with Crippen molar-refractivity contribution in [1.82, 2.24) is 10.2 Å². The molecule has 2 aromatic carbocycles. The number of hydrogen-bond donors (Lipinski definition) is 2. The molecule has 0 atom stereocenters. The minimum atomic E-state index is -3.94. The highest BCUT2D eigenvalue weighted by Crippen LogP contribution is 2.24. The molecule has 0 saturated carbocycles. The second-order valence-corrected chi connectivity index (χ2v) is 8.07. The quantitative estimate of drug-likeness (QED) is 0.459. The fourth-order valence-corrected chi connectivity index (χ4v) is 3.73. The van der Waals surface area contributed by atoms with Gasteiger partial charge in [0, 0.05) is 5.02 Å². The maximum Gasteiger partial charge on any atom is 0.322 e. The van der Waals surface area contributed by atoms with Gasteiger partial charge in [-0.05, 0) is 48.5 Å². The van der Waals surface area contributed by atoms with Crippen LogP contribution in [0.1, 0.15) is 10.4 Å². The summed E-state index contributed by atoms with van der Waals surface area (Å²) in [4.78, 5) is 12.7. The van der Waals surface area contributed by atoms with Gasteiger partial charge in [0.15, 0.2) is 5.76 Å². The summed E-state index contributed by atoms with van der Waals surface area (Å²) in [5, 5.41) is 10.4. The van der Waals surface area contributed by atoms with Crippen LogP contribution in [-0.2, 0) is 10.0 Å². The molecule has 0 aliphatic rings. The van der Waals surface area contributed by atoms with E-state index in [2.05, 4.69) is 20.2 Å². The molecule has 0 aliphatic heterocycles. The second-order valence-electron chi connectivity index (χ2n) is 5.95. The van der Waals surface area contributed by atoms with Crippen LogP contribution in [0.5, 0.6) is 0 Å². The second kappa shape index (κ2) is 8.01. The van der Waals surface area contributed by atoms with Crippen LogP contribution in [0.4, 0.5) is 11.7 Å². The lowest BCUT2D eigenvalue weighted by Gasteiger charge is -2.12. The number of furan rings is 1. The summed E-state index contributed by atoms with van der Waals surface area (Å²) in [6.07, 6.45) is 1.45. The maximum absolute atomic E-state index is 12.7. The van der Waals surface area contributed by atoms with Crippen LogP contribution in [0.2, 0.25) is 5.02 Å². The average Bonchev–Trinajstić information content (AvgIpc) is 3.40. The number of benzene rings is 2. The van der Waals surface area contributed by atoms with Crippen LogP contribution in [0, 0.1) is 0 Å². The van der Waals surface area contributed by atoms with E-state index in [1.54, 1.807) is 24.3 Å². The number of sulfonamides is 1. The van der Waals surface area contributed by atoms with E-state index in [0.29, 0.717) is 10.8 Å². The Bertz CT molecular complexity index is 1280. The number of halogens is 1. The zero-order valence-corrected chi connectivity index (χ0v) is 16.6. The van der Waals surface area contributed by atoms with E-state index in [1.807, 2.05) is 0 Å². The molecule has 30 heavy (non-hydrogen) atoms. The largest absolute Gasteiger partial charge is 0.459 e. The highest BCUT2D eigenvalue weighted by molar-refractivity contribution is 7.92. The topological polar surface area (TPSA) is 127 Å². The summed E-state index contributed by atoms with van der Waals surface area (Å²) in [6.45, 7) is 0. The van der Waals surface area contributed by atoms with Crippen LogP contribution in [0.3, 0.4) is 0 Å². The van der Waals surface area contributed by atoms with E-state index in [4.69, 9.17) is 20.4 Å². The normalized spacial score (nSPS) is 11.2. The van der Waals surface area contributed by atoms with Gasteiger partial charge < -0.3 is 8.83 Å². The first kappa shape index (κ1) is 19.7. The van der Waals surface area contributed by atoms with Gasteiger partial charge in [-0.25, -0.2) is 8.42 Å². The summed E-state index contributed by atoms with van der Waals surface area (Å²) in [5.41, 5.74) is 0.142. The van der Waals surface area contributed by atoms with Gasteiger partial charge in [-0.15, -0.1) is 5.10 Å². The number of nitrogens with zero attached hydrogens (tertiary/aromatic N) is 2. The molecule has 0 aliphatic carbocycles. The Labute approximate surface area is 175 Å². The molecule has 0 bridgehead atoms. The third-order valence-electron chi connectivity index (χ3n) is 3.92. The van der Waals surface area contributed by atoms with Crippen molar-refractivity contribution in [3.05, 3.63) is 77.5 Å². The standard InChI is InChI=1S/C19H13ClN4O5S/c20-12-7-9-13(10-8-12)30(26,27)24-15-5-2-1-4-14(15)17(25)21-19-23-22-18(29-19)16-6-3-11-28-16/h1-11,24H,(H,21,23,25). The number of carbonyl (C=O) groups excluding carboxylic acids is 1. The van der Waals surface area contributed by atoms with Crippen molar-refractivity contribution in [2.45, 2.75) is 4.90 Å². The van der Waals surface area contributed by atoms with Gasteiger partial charge in [-0.2, -0.15) is 0 Å². The highest BCUT2D eigenvalue weighted by Gasteiger charge is 2.20. The minimum absolute atomic E-state index is 0.00195. The molecular weight excluding hydrogens is 432 g/mol. The number of amides is 1. The van der Waals surface area contributed by atoms with Crippen LogP contribution >= 0.6 is 11.6 Å². The molecule has 152 valence electrons. The molecular formula is C19H13ClN4O5S. The van der Waals surface area contributed by atoms with Gasteiger partial charge in [0.2, 0.25) is 0 Å². The molecule has 4 rings (SSSR count). The Kier molecular flexibility index (Phi) is 5.25. The molecule has 0 spiro atoms. The van der Waals surface area contributed by atoms with Gasteiger partial charge >= 0.3 is 6.01 Å². The lowest BCUT2D eigenvalue weighted by molar-refractivity contribution is 0.102. The molecule has 0 unspecified atom stereocenters. The number of rotatable bonds is 6. The van der Waals surface area contributed by atoms with Crippen molar-refractivity contribution in [3.8, 4) is 11.7 Å². The number of para-hydroxylation sites is 1. The lowest BCUT2D eigenvalue weighted by Crippen LogP contribution is -2.18. The molecule has 0 radical (unpaired) electrons. The zero-order valence-electron chi connectivity index (χ0n) is 15.1. The molecule has 4 aromatic rings. The van der Waals surface area contributed by atoms with E-state index in [0.717, 1.165) is 0 Å². The Balaban J connectivity index is 1.55. The van der Waals surface area contributed by atoms with Crippen LogP contribution in [0.15, 0.2) is 80.7 Å². The van der Waals surface area contributed by atoms with Crippen molar-refractivity contribution in [1.29, 1.82) is 0 Å². The van der Waals surface area contributed by atoms with Crippen molar-refractivity contribution in [2.24, 2.45) is 0 Å². The van der Waals surface area contributed by atoms with E-state index in [-0.39, 0.29) is 28.1 Å². The fourth-order valence-electron chi connectivity index (χ4n) is 2.53. The number of nitrogens with one attached hydrogen (secondary N) is 2. The van der Waals surface area contributed by atoms with Crippen LogP contribution in [-0.4, -0.2) is 24.5 Å². The van der Waals surface area contributed by atoms with Gasteiger partial charge in [0.1, 0.15) is 0 Å². The fraction of sp³-hybridized carbons (Fsp3) is 0. The van der Waals surface area contributed by atoms with Crippen molar-refractivity contribution >= 4 is 39.2 Å². The van der Waals surface area contributed by atoms with Gasteiger partial charge in [0.25, 0.3) is 21.8 Å². The van der Waals surface area contributed by atoms with Crippen LogP contribution in [0.25, 0.3) is 11.7 Å². The molecule has 2 heterocycles. The molecule has 1 amide bonds. The first-order chi connectivity index (χ1) is 14.4. The molecule has 2 N–H and O–H groups in total. The summed E-state index contributed by atoms with van der Waals surface area (Å²) in [5.74, 6) is -0.204. The minimum Gasteiger partial charge on any atom is -0.459 e. The average molecular weight is 445 g/mol. The highest BCUT2D eigenvalue weighted by atomic mass is 35.5. The van der Waals surface area contributed by atoms with Crippen molar-refractivity contribution < 1.29 is 22.0 Å². The number of carbonyl (C=O) groups is 1. The van der Waals surface area contributed by atoms with E-state index >= 15 is 0 Å². The Hall–Kier alpha value is -3.63. The zero-order chi connectivity index (χ0) is 21.1. The summed E-state index contributed by atoms with van der Waals surface area (Å²) in [7, 11) is -3.94. The van der Waals surface area contributed by atoms with Gasteiger partial charge in [0.05, 0.1) is 22.4 Å². The van der Waals surface area contributed by atoms with E-state index < -0.39 is 15.9 Å². The molecule has 11 heteroatoms. The predicted octanol–water partition coefficient (Wildman–Crippen LogP) is 4.04. The summed E-state index contributed by atoms with van der Waals surface area (Å²) in [6, 6.07) is 14.9. The smallest absolute Gasteiger partial charge is 0.322 e. The van der Waals surface area contributed by atoms with E-state index in [1.165, 1.54) is 42.7 Å². The Morgan fingerprint density at radius 1 is 0.967 bits per heavy atom. The van der Waals surface area contributed by atoms with Crippen molar-refractivity contribution in [3.63, 3.8) is 0 Å². The SMILES string of the molecule is O=C(Nc1nnc(-c2ccco2)o1)c1ccccc1NS(=O)(=O)c1ccc(Cl)cc1. The Morgan fingerprint density at radius 2 is 1.73 bits per heavy atom. The third kappa shape index (κ3) is 4.19. The molecule has 0 saturated heterocycles. The van der Waals surface area contributed by atoms with Crippen molar-refractivity contribution in [2.75, 3.05) is 10.0 Å². The summed E-state index contributed by atoms with van der Waals surface area (Å²) < 4.78 is 38.2. The summed E-state index contributed by atoms with van der Waals surface area (Å²) >= 11 is 5.81. The van der Waals surface area contributed by atoms with Gasteiger partial charge in [-0.1, -0.05) is 28.8 Å². The maximum atomic E-state index is 12.7. The van der Waals surface area contributed by atoms with Gasteiger partial charge in [-0.3, -0.25) is 14.8 Å². The monoisotopic (exact) mass is 444 g/mol. The van der Waals surface area contributed by atoms with E-state index in [9.17, 15) is 13.2 Å². The molecule has 9 nitrogen and oxygen atoms in total. The first-order valence-corrected chi connectivity index (χ1v) is 10.3. The molecule has 2 aromatic heterocycles.